The smallest absolute Gasteiger partial charge is 0.301 e. The van der Waals surface area contributed by atoms with Gasteiger partial charge in [-0.2, -0.15) is 5.10 Å². The molecule has 118 valence electrons. The van der Waals surface area contributed by atoms with E-state index in [1.54, 1.807) is 0 Å². The lowest BCUT2D eigenvalue weighted by atomic mass is 9.93. The van der Waals surface area contributed by atoms with E-state index < -0.39 is 11.2 Å². The summed E-state index contributed by atoms with van der Waals surface area (Å²) < 4.78 is 0. The summed E-state index contributed by atoms with van der Waals surface area (Å²) in [7, 11) is 0. The molecule has 0 aliphatic carbocycles. The fraction of sp³-hybridized carbons (Fsp3) is 0.417. The predicted octanol–water partition coefficient (Wildman–Crippen LogP) is 0.943. The van der Waals surface area contributed by atoms with E-state index in [1.165, 1.54) is 11.3 Å². The van der Waals surface area contributed by atoms with Gasteiger partial charge in [-0.3, -0.25) is 14.6 Å². The molecule has 0 aliphatic heterocycles. The lowest BCUT2D eigenvalue weighted by Gasteiger charge is -2.14. The first kappa shape index (κ1) is 16.4. The summed E-state index contributed by atoms with van der Waals surface area (Å²) in [5, 5.41) is 10.8. The van der Waals surface area contributed by atoms with E-state index in [-0.39, 0.29) is 22.1 Å². The number of H-pyrrole nitrogens is 2. The van der Waals surface area contributed by atoms with Gasteiger partial charge >= 0.3 is 5.69 Å². The number of thiazole rings is 1. The molecule has 0 radical (unpaired) electrons. The van der Waals surface area contributed by atoms with Crippen LogP contribution in [0.4, 0.5) is 5.13 Å². The molecule has 0 aromatic carbocycles. The third kappa shape index (κ3) is 4.28. The van der Waals surface area contributed by atoms with Crippen LogP contribution < -0.4 is 16.6 Å². The molecule has 0 bridgehead atoms. The van der Waals surface area contributed by atoms with Crippen molar-refractivity contribution in [3.63, 3.8) is 0 Å². The standard InChI is InChI=1S/C12H15N5O3S2/c1-12(2,3)6-4-22-11(13-6)14-7(18)5-21-9-8(19)15-10(20)17-16-9/h4H,5H2,1-3H3,(H,13,14,18)(H2,15,17,19,20). The minimum atomic E-state index is -0.684. The van der Waals surface area contributed by atoms with Crippen molar-refractivity contribution in [2.24, 2.45) is 0 Å². The van der Waals surface area contributed by atoms with Crippen LogP contribution in [0.1, 0.15) is 26.5 Å². The van der Waals surface area contributed by atoms with Gasteiger partial charge < -0.3 is 5.32 Å². The number of rotatable bonds is 4. The number of hydrogen-bond donors (Lipinski definition) is 3. The molecule has 22 heavy (non-hydrogen) atoms. The number of amides is 1. The zero-order chi connectivity index (χ0) is 16.3. The molecule has 0 spiro atoms. The van der Waals surface area contributed by atoms with Gasteiger partial charge in [0.2, 0.25) is 5.91 Å². The van der Waals surface area contributed by atoms with E-state index in [2.05, 4.69) is 20.5 Å². The summed E-state index contributed by atoms with van der Waals surface area (Å²) >= 11 is 2.28. The maximum absolute atomic E-state index is 11.8. The molecular weight excluding hydrogens is 326 g/mol. The first-order chi connectivity index (χ1) is 10.3. The Morgan fingerprint density at radius 2 is 2.14 bits per heavy atom. The molecule has 0 aliphatic rings. The molecule has 8 nitrogen and oxygen atoms in total. The Hall–Kier alpha value is -1.94. The Morgan fingerprint density at radius 1 is 1.41 bits per heavy atom. The second-order valence-electron chi connectivity index (χ2n) is 5.44. The Bertz CT molecular complexity index is 787. The SMILES string of the molecule is CC(C)(C)c1csc(NC(=O)CSc2n[nH]c(=O)[nH]c2=O)n1. The van der Waals surface area contributed by atoms with E-state index >= 15 is 0 Å². The van der Waals surface area contributed by atoms with Crippen molar-refractivity contribution in [3.05, 3.63) is 31.9 Å². The van der Waals surface area contributed by atoms with E-state index in [0.717, 1.165) is 17.5 Å². The molecule has 2 aromatic heterocycles. The van der Waals surface area contributed by atoms with Crippen LogP contribution in [0.5, 0.6) is 0 Å². The Labute approximate surface area is 133 Å². The number of thioether (sulfide) groups is 1. The molecule has 0 saturated heterocycles. The normalized spacial score (nSPS) is 11.4. The highest BCUT2D eigenvalue weighted by Gasteiger charge is 2.18. The van der Waals surface area contributed by atoms with Gasteiger partial charge in [-0.25, -0.2) is 14.9 Å². The van der Waals surface area contributed by atoms with E-state index in [0.29, 0.717) is 5.13 Å². The molecule has 0 fully saturated rings. The molecule has 2 rings (SSSR count). The van der Waals surface area contributed by atoms with Gasteiger partial charge in [-0.15, -0.1) is 11.3 Å². The number of carbonyl (C=O) groups excluding carboxylic acids is 1. The van der Waals surface area contributed by atoms with Gasteiger partial charge in [0, 0.05) is 10.8 Å². The minimum absolute atomic E-state index is 0.00739. The number of nitrogens with zero attached hydrogens (tertiary/aromatic N) is 2. The number of aromatic amines is 2. The lowest BCUT2D eigenvalue weighted by Crippen LogP contribution is -2.25. The van der Waals surface area contributed by atoms with Gasteiger partial charge in [0.05, 0.1) is 11.4 Å². The van der Waals surface area contributed by atoms with Crippen LogP contribution in [-0.2, 0) is 10.2 Å². The Morgan fingerprint density at radius 3 is 2.73 bits per heavy atom. The number of aromatic nitrogens is 4. The summed E-state index contributed by atoms with van der Waals surface area (Å²) in [6.07, 6.45) is 0. The lowest BCUT2D eigenvalue weighted by molar-refractivity contribution is -0.113. The molecule has 1 amide bonds. The quantitative estimate of drug-likeness (QED) is 0.712. The van der Waals surface area contributed by atoms with Crippen LogP contribution in [0, 0.1) is 0 Å². The van der Waals surface area contributed by atoms with Crippen molar-refractivity contribution in [2.45, 2.75) is 31.2 Å². The highest BCUT2D eigenvalue weighted by Crippen LogP contribution is 2.26. The van der Waals surface area contributed by atoms with Gasteiger partial charge in [0.25, 0.3) is 5.56 Å². The second kappa shape index (κ2) is 6.44. The fourth-order valence-corrected chi connectivity index (χ4v) is 2.99. The highest BCUT2D eigenvalue weighted by molar-refractivity contribution is 7.99. The van der Waals surface area contributed by atoms with Crippen molar-refractivity contribution < 1.29 is 4.79 Å². The summed E-state index contributed by atoms with van der Waals surface area (Å²) in [6.45, 7) is 6.12. The largest absolute Gasteiger partial charge is 0.342 e. The number of anilines is 1. The van der Waals surface area contributed by atoms with Crippen LogP contribution in [0.2, 0.25) is 0 Å². The van der Waals surface area contributed by atoms with Gasteiger partial charge in [0.15, 0.2) is 10.2 Å². The Kier molecular flexibility index (Phi) is 4.81. The van der Waals surface area contributed by atoms with Crippen LogP contribution in [0.15, 0.2) is 20.0 Å². The Balaban J connectivity index is 1.94. The average molecular weight is 341 g/mol. The molecule has 3 N–H and O–H groups in total. The molecule has 0 atom stereocenters. The molecule has 2 heterocycles. The van der Waals surface area contributed by atoms with Gasteiger partial charge in [-0.05, 0) is 0 Å². The number of carbonyl (C=O) groups is 1. The van der Waals surface area contributed by atoms with Crippen molar-refractivity contribution >= 4 is 34.1 Å². The minimum Gasteiger partial charge on any atom is -0.301 e. The monoisotopic (exact) mass is 341 g/mol. The van der Waals surface area contributed by atoms with Crippen molar-refractivity contribution in [1.82, 2.24) is 20.2 Å². The number of nitrogens with one attached hydrogen (secondary N) is 3. The summed E-state index contributed by atoms with van der Waals surface area (Å²) in [5.74, 6) is -0.306. The van der Waals surface area contributed by atoms with Crippen LogP contribution in [-0.4, -0.2) is 31.8 Å². The molecule has 0 saturated carbocycles. The summed E-state index contributed by atoms with van der Waals surface area (Å²) in [5.41, 5.74) is -0.484. The van der Waals surface area contributed by atoms with Crippen molar-refractivity contribution in [3.8, 4) is 0 Å². The topological polar surface area (TPSA) is 121 Å². The molecular formula is C12H15N5O3S2. The summed E-state index contributed by atoms with van der Waals surface area (Å²) in [6, 6.07) is 0. The summed E-state index contributed by atoms with van der Waals surface area (Å²) in [4.78, 5) is 40.5. The predicted molar refractivity (Wildman–Crippen MR) is 85.6 cm³/mol. The highest BCUT2D eigenvalue weighted by atomic mass is 32.2. The van der Waals surface area contributed by atoms with Crippen LogP contribution >= 0.6 is 23.1 Å². The van der Waals surface area contributed by atoms with E-state index in [9.17, 15) is 14.4 Å². The van der Waals surface area contributed by atoms with E-state index in [1.807, 2.05) is 31.1 Å². The fourth-order valence-electron chi connectivity index (χ4n) is 1.40. The van der Waals surface area contributed by atoms with Gasteiger partial charge in [0.1, 0.15) is 0 Å². The zero-order valence-electron chi connectivity index (χ0n) is 12.2. The molecule has 10 heteroatoms. The van der Waals surface area contributed by atoms with E-state index in [4.69, 9.17) is 0 Å². The third-order valence-electron chi connectivity index (χ3n) is 2.54. The van der Waals surface area contributed by atoms with Crippen LogP contribution in [0.25, 0.3) is 0 Å². The molecule has 0 unspecified atom stereocenters. The second-order valence-corrected chi connectivity index (χ2v) is 7.26. The van der Waals surface area contributed by atoms with Gasteiger partial charge in [-0.1, -0.05) is 32.5 Å². The first-order valence-electron chi connectivity index (χ1n) is 6.33. The molecule has 2 aromatic rings. The maximum Gasteiger partial charge on any atom is 0.342 e. The number of hydrogen-bond acceptors (Lipinski definition) is 7. The maximum atomic E-state index is 11.8. The third-order valence-corrected chi connectivity index (χ3v) is 4.25. The van der Waals surface area contributed by atoms with Crippen molar-refractivity contribution in [2.75, 3.05) is 11.1 Å². The van der Waals surface area contributed by atoms with Crippen LogP contribution in [0.3, 0.4) is 0 Å². The first-order valence-corrected chi connectivity index (χ1v) is 8.20. The zero-order valence-corrected chi connectivity index (χ0v) is 13.9. The average Bonchev–Trinajstić information content (AvgIpc) is 2.86. The van der Waals surface area contributed by atoms with Crippen molar-refractivity contribution in [1.29, 1.82) is 0 Å².